The van der Waals surface area contributed by atoms with Crippen LogP contribution in [0.1, 0.15) is 26.7 Å². The van der Waals surface area contributed by atoms with Crippen molar-refractivity contribution < 1.29 is 9.59 Å². The molecule has 0 aliphatic carbocycles. The lowest BCUT2D eigenvalue weighted by molar-refractivity contribution is -0.126. The van der Waals surface area contributed by atoms with Crippen LogP contribution in [0, 0.1) is 5.92 Å². The third-order valence-corrected chi connectivity index (χ3v) is 3.35. The van der Waals surface area contributed by atoms with Crippen LogP contribution in [0.15, 0.2) is 0 Å². The molecule has 20 heavy (non-hydrogen) atoms. The predicted molar refractivity (Wildman–Crippen MR) is 79.4 cm³/mol. The molecule has 0 aromatic heterocycles. The second-order valence-corrected chi connectivity index (χ2v) is 5.65. The van der Waals surface area contributed by atoms with Gasteiger partial charge in [0.1, 0.15) is 0 Å². The number of piperazine rings is 1. The number of carbonyl (C=O) groups excluding carboxylic acids is 2. The monoisotopic (exact) mass is 284 g/mol. The van der Waals surface area contributed by atoms with E-state index in [0.29, 0.717) is 18.9 Å². The van der Waals surface area contributed by atoms with Gasteiger partial charge in [-0.25, -0.2) is 0 Å². The molecule has 0 radical (unpaired) electrons. The van der Waals surface area contributed by atoms with Crippen LogP contribution in [-0.4, -0.2) is 62.5 Å². The Labute approximate surface area is 121 Å². The molecule has 0 saturated carbocycles. The summed E-state index contributed by atoms with van der Waals surface area (Å²) in [4.78, 5) is 25.4. The highest BCUT2D eigenvalue weighted by Crippen LogP contribution is 2.02. The zero-order valence-electron chi connectivity index (χ0n) is 12.7. The van der Waals surface area contributed by atoms with Gasteiger partial charge in [0.05, 0.1) is 6.54 Å². The molecule has 0 bridgehead atoms. The molecule has 2 amide bonds. The minimum atomic E-state index is -0.113. The van der Waals surface area contributed by atoms with Gasteiger partial charge in [-0.3, -0.25) is 14.5 Å². The topological polar surface area (TPSA) is 73.5 Å². The molecule has 1 saturated heterocycles. The van der Waals surface area contributed by atoms with Crippen molar-refractivity contribution in [2.45, 2.75) is 26.7 Å². The first kappa shape index (κ1) is 16.9. The third kappa shape index (κ3) is 8.12. The van der Waals surface area contributed by atoms with Gasteiger partial charge in [-0.15, -0.1) is 0 Å². The lowest BCUT2D eigenvalue weighted by Gasteiger charge is -2.27. The molecule has 1 heterocycles. The van der Waals surface area contributed by atoms with Gasteiger partial charge in [0.2, 0.25) is 11.8 Å². The average Bonchev–Trinajstić information content (AvgIpc) is 2.44. The number of nitrogens with zero attached hydrogens (tertiary/aromatic N) is 1. The number of amides is 2. The van der Waals surface area contributed by atoms with E-state index in [2.05, 4.69) is 34.7 Å². The summed E-state index contributed by atoms with van der Waals surface area (Å²) in [6.07, 6.45) is 1.35. The Bertz CT molecular complexity index is 302. The zero-order valence-corrected chi connectivity index (χ0v) is 12.7. The Kier molecular flexibility index (Phi) is 8.22. The van der Waals surface area contributed by atoms with Crippen molar-refractivity contribution in [3.8, 4) is 0 Å². The minimum absolute atomic E-state index is 0.0454. The molecule has 0 unspecified atom stereocenters. The fourth-order valence-electron chi connectivity index (χ4n) is 2.04. The van der Waals surface area contributed by atoms with Crippen LogP contribution in [-0.2, 0) is 9.59 Å². The van der Waals surface area contributed by atoms with E-state index in [9.17, 15) is 9.59 Å². The standard InChI is InChI=1S/C14H28N4O2/c1-12(2)3-4-13(19)17-11-14(20)16-7-10-18-8-5-15-6-9-18/h12,15H,3-11H2,1-2H3,(H,16,20)(H,17,19). The first-order valence-electron chi connectivity index (χ1n) is 7.54. The largest absolute Gasteiger partial charge is 0.353 e. The normalized spacial score (nSPS) is 16.1. The summed E-state index contributed by atoms with van der Waals surface area (Å²) in [6, 6.07) is 0. The van der Waals surface area contributed by atoms with Crippen molar-refractivity contribution in [2.24, 2.45) is 5.92 Å². The summed E-state index contributed by atoms with van der Waals surface area (Å²) in [5.74, 6) is 0.350. The molecule has 1 fully saturated rings. The third-order valence-electron chi connectivity index (χ3n) is 3.35. The number of nitrogens with one attached hydrogen (secondary N) is 3. The van der Waals surface area contributed by atoms with Gasteiger partial charge in [0, 0.05) is 45.7 Å². The highest BCUT2D eigenvalue weighted by Gasteiger charge is 2.10. The molecular weight excluding hydrogens is 256 g/mol. The van der Waals surface area contributed by atoms with E-state index < -0.39 is 0 Å². The quantitative estimate of drug-likeness (QED) is 0.565. The van der Waals surface area contributed by atoms with Crippen LogP contribution < -0.4 is 16.0 Å². The van der Waals surface area contributed by atoms with Crippen molar-refractivity contribution in [1.82, 2.24) is 20.9 Å². The van der Waals surface area contributed by atoms with Gasteiger partial charge >= 0.3 is 0 Å². The molecule has 0 aromatic rings. The Morgan fingerprint density at radius 3 is 2.50 bits per heavy atom. The highest BCUT2D eigenvalue weighted by molar-refractivity contribution is 5.84. The molecule has 1 aliphatic rings. The number of hydrogen-bond acceptors (Lipinski definition) is 4. The van der Waals surface area contributed by atoms with Crippen molar-refractivity contribution in [3.63, 3.8) is 0 Å². The van der Waals surface area contributed by atoms with Crippen molar-refractivity contribution in [1.29, 1.82) is 0 Å². The Balaban J connectivity index is 2.00. The van der Waals surface area contributed by atoms with Crippen LogP contribution in [0.25, 0.3) is 0 Å². The predicted octanol–water partition coefficient (Wildman–Crippen LogP) is -0.440. The fourth-order valence-corrected chi connectivity index (χ4v) is 2.04. The van der Waals surface area contributed by atoms with Crippen LogP contribution in [0.2, 0.25) is 0 Å². The number of carbonyl (C=O) groups is 2. The van der Waals surface area contributed by atoms with E-state index in [-0.39, 0.29) is 18.4 Å². The SMILES string of the molecule is CC(C)CCC(=O)NCC(=O)NCCN1CCNCC1. The molecule has 116 valence electrons. The second kappa shape index (κ2) is 9.72. The van der Waals surface area contributed by atoms with Gasteiger partial charge in [-0.05, 0) is 12.3 Å². The van der Waals surface area contributed by atoms with E-state index in [1.165, 1.54) is 0 Å². The maximum absolute atomic E-state index is 11.6. The van der Waals surface area contributed by atoms with Crippen LogP contribution >= 0.6 is 0 Å². The van der Waals surface area contributed by atoms with Gasteiger partial charge < -0.3 is 16.0 Å². The molecule has 6 nitrogen and oxygen atoms in total. The lowest BCUT2D eigenvalue weighted by Crippen LogP contribution is -2.47. The minimum Gasteiger partial charge on any atom is -0.353 e. The summed E-state index contributed by atoms with van der Waals surface area (Å²) < 4.78 is 0. The van der Waals surface area contributed by atoms with Gasteiger partial charge in [-0.2, -0.15) is 0 Å². The Morgan fingerprint density at radius 2 is 1.85 bits per heavy atom. The molecule has 1 aliphatic heterocycles. The highest BCUT2D eigenvalue weighted by atomic mass is 16.2. The summed E-state index contributed by atoms with van der Waals surface area (Å²) in [5, 5.41) is 8.78. The van der Waals surface area contributed by atoms with E-state index in [1.807, 2.05) is 0 Å². The molecular formula is C14H28N4O2. The number of rotatable bonds is 8. The van der Waals surface area contributed by atoms with E-state index in [1.54, 1.807) is 0 Å². The molecule has 0 aromatic carbocycles. The molecule has 1 rings (SSSR count). The molecule has 3 N–H and O–H groups in total. The van der Waals surface area contributed by atoms with Crippen LogP contribution in [0.5, 0.6) is 0 Å². The average molecular weight is 284 g/mol. The second-order valence-electron chi connectivity index (χ2n) is 5.65. The van der Waals surface area contributed by atoms with Gasteiger partial charge in [-0.1, -0.05) is 13.8 Å². The van der Waals surface area contributed by atoms with Crippen molar-refractivity contribution in [3.05, 3.63) is 0 Å². The maximum Gasteiger partial charge on any atom is 0.239 e. The zero-order chi connectivity index (χ0) is 14.8. The van der Waals surface area contributed by atoms with E-state index >= 15 is 0 Å². The van der Waals surface area contributed by atoms with Crippen molar-refractivity contribution in [2.75, 3.05) is 45.8 Å². The fraction of sp³-hybridized carbons (Fsp3) is 0.857. The van der Waals surface area contributed by atoms with Crippen LogP contribution in [0.3, 0.4) is 0 Å². The van der Waals surface area contributed by atoms with Gasteiger partial charge in [0.25, 0.3) is 0 Å². The number of hydrogen-bond donors (Lipinski definition) is 3. The smallest absolute Gasteiger partial charge is 0.239 e. The van der Waals surface area contributed by atoms with Crippen molar-refractivity contribution >= 4 is 11.8 Å². The molecule has 0 spiro atoms. The Hall–Kier alpha value is -1.14. The molecule has 6 heteroatoms. The summed E-state index contributed by atoms with van der Waals surface area (Å²) in [5.41, 5.74) is 0. The summed E-state index contributed by atoms with van der Waals surface area (Å²) >= 11 is 0. The first-order valence-corrected chi connectivity index (χ1v) is 7.54. The van der Waals surface area contributed by atoms with Crippen LogP contribution in [0.4, 0.5) is 0 Å². The van der Waals surface area contributed by atoms with E-state index in [4.69, 9.17) is 0 Å². The van der Waals surface area contributed by atoms with E-state index in [0.717, 1.165) is 39.1 Å². The Morgan fingerprint density at radius 1 is 1.15 bits per heavy atom. The molecule has 0 atom stereocenters. The first-order chi connectivity index (χ1) is 9.58. The summed E-state index contributed by atoms with van der Waals surface area (Å²) in [7, 11) is 0. The lowest BCUT2D eigenvalue weighted by atomic mass is 10.1. The summed E-state index contributed by atoms with van der Waals surface area (Å²) in [6.45, 7) is 9.84. The van der Waals surface area contributed by atoms with Gasteiger partial charge in [0.15, 0.2) is 0 Å². The maximum atomic E-state index is 11.6.